The van der Waals surface area contributed by atoms with Gasteiger partial charge in [0.2, 0.25) is 0 Å². The Balaban J connectivity index is 2.21. The molecule has 0 spiro atoms. The Hall–Kier alpha value is -1.75. The molecule has 1 heterocycles. The van der Waals surface area contributed by atoms with Crippen molar-refractivity contribution in [1.82, 2.24) is 9.97 Å². The number of hydrogen-bond acceptors (Lipinski definition) is 2. The van der Waals surface area contributed by atoms with Crippen LogP contribution in [-0.4, -0.2) is 9.97 Å². The fraction of sp³-hybridized carbons (Fsp3) is 0.308. The molecule has 96 valence electrons. The van der Waals surface area contributed by atoms with E-state index in [4.69, 9.17) is 5.73 Å². The van der Waals surface area contributed by atoms with E-state index >= 15 is 0 Å². The third kappa shape index (κ3) is 2.92. The van der Waals surface area contributed by atoms with Crippen LogP contribution in [-0.2, 0) is 12.0 Å². The van der Waals surface area contributed by atoms with Crippen LogP contribution in [0.5, 0.6) is 0 Å². The van der Waals surface area contributed by atoms with Gasteiger partial charge in [-0.3, -0.25) is 0 Å². The summed E-state index contributed by atoms with van der Waals surface area (Å²) in [6.45, 7) is 3.66. The lowest BCUT2D eigenvalue weighted by Gasteiger charge is -2.14. The lowest BCUT2D eigenvalue weighted by atomic mass is 10.1. The third-order valence-electron chi connectivity index (χ3n) is 2.55. The zero-order valence-corrected chi connectivity index (χ0v) is 10.3. The monoisotopic (exact) mass is 251 g/mol. The molecule has 0 saturated carbocycles. The van der Waals surface area contributed by atoms with Crippen LogP contribution in [0.15, 0.2) is 24.4 Å². The summed E-state index contributed by atoms with van der Waals surface area (Å²) in [4.78, 5) is 7.28. The average molecular weight is 251 g/mol. The van der Waals surface area contributed by atoms with Crippen molar-refractivity contribution in [3.63, 3.8) is 0 Å². The van der Waals surface area contributed by atoms with Crippen molar-refractivity contribution < 1.29 is 8.78 Å². The molecule has 0 bridgehead atoms. The molecule has 0 saturated heterocycles. The molecule has 1 aromatic heterocycles. The van der Waals surface area contributed by atoms with Crippen LogP contribution in [0, 0.1) is 11.6 Å². The summed E-state index contributed by atoms with van der Waals surface area (Å²) in [7, 11) is 0. The first-order chi connectivity index (χ1) is 8.34. The largest absolute Gasteiger partial charge is 0.347 e. The van der Waals surface area contributed by atoms with Gasteiger partial charge in [-0.25, -0.2) is 13.8 Å². The van der Waals surface area contributed by atoms with Crippen molar-refractivity contribution in [1.29, 1.82) is 0 Å². The van der Waals surface area contributed by atoms with Crippen molar-refractivity contribution in [2.24, 2.45) is 5.73 Å². The zero-order valence-electron chi connectivity index (χ0n) is 10.3. The second kappa shape index (κ2) is 4.49. The summed E-state index contributed by atoms with van der Waals surface area (Å²) < 4.78 is 26.1. The van der Waals surface area contributed by atoms with Crippen LogP contribution in [0.1, 0.15) is 30.9 Å². The van der Waals surface area contributed by atoms with Crippen molar-refractivity contribution in [2.75, 3.05) is 0 Å². The van der Waals surface area contributed by atoms with Gasteiger partial charge in [0.15, 0.2) is 0 Å². The standard InChI is InChI=1S/C13H15F2N3/c1-13(2,16)12-17-7-11(18-12)5-8-3-9(14)6-10(15)4-8/h3-4,6-7H,5,16H2,1-2H3,(H,17,18). The summed E-state index contributed by atoms with van der Waals surface area (Å²) in [5.41, 5.74) is 6.58. The Morgan fingerprint density at radius 2 is 1.83 bits per heavy atom. The number of halogens is 2. The Bertz CT molecular complexity index is 535. The minimum atomic E-state index is -0.583. The van der Waals surface area contributed by atoms with Crippen LogP contribution in [0.25, 0.3) is 0 Å². The highest BCUT2D eigenvalue weighted by Crippen LogP contribution is 2.16. The van der Waals surface area contributed by atoms with Crippen LogP contribution in [0.2, 0.25) is 0 Å². The van der Waals surface area contributed by atoms with E-state index in [2.05, 4.69) is 9.97 Å². The van der Waals surface area contributed by atoms with Crippen molar-refractivity contribution in [3.05, 3.63) is 53.1 Å². The Kier molecular flexibility index (Phi) is 3.17. The molecule has 2 aromatic rings. The average Bonchev–Trinajstić information content (AvgIpc) is 2.63. The molecular weight excluding hydrogens is 236 g/mol. The Morgan fingerprint density at radius 1 is 1.22 bits per heavy atom. The molecule has 0 amide bonds. The first-order valence-corrected chi connectivity index (χ1v) is 5.63. The van der Waals surface area contributed by atoms with Gasteiger partial charge >= 0.3 is 0 Å². The maximum atomic E-state index is 13.0. The second-order valence-corrected chi connectivity index (χ2v) is 4.92. The number of hydrogen-bond donors (Lipinski definition) is 2. The van der Waals surface area contributed by atoms with E-state index in [0.717, 1.165) is 6.07 Å². The predicted octanol–water partition coefficient (Wildman–Crippen LogP) is 2.47. The van der Waals surface area contributed by atoms with Gasteiger partial charge in [-0.1, -0.05) is 0 Å². The SMILES string of the molecule is CC(C)(N)c1nc(Cc2cc(F)cc(F)c2)c[nH]1. The molecule has 3 N–H and O–H groups in total. The van der Waals surface area contributed by atoms with Gasteiger partial charge in [0, 0.05) is 18.7 Å². The number of aromatic amines is 1. The van der Waals surface area contributed by atoms with Gasteiger partial charge in [0.05, 0.1) is 11.2 Å². The van der Waals surface area contributed by atoms with E-state index < -0.39 is 17.2 Å². The predicted molar refractivity (Wildman–Crippen MR) is 65.0 cm³/mol. The molecule has 0 aliphatic carbocycles. The van der Waals surface area contributed by atoms with Crippen molar-refractivity contribution in [2.45, 2.75) is 25.8 Å². The normalized spacial score (nSPS) is 11.8. The molecule has 0 unspecified atom stereocenters. The first-order valence-electron chi connectivity index (χ1n) is 5.63. The summed E-state index contributed by atoms with van der Waals surface area (Å²) >= 11 is 0. The first kappa shape index (κ1) is 12.7. The van der Waals surface area contributed by atoms with E-state index in [1.807, 2.05) is 13.8 Å². The lowest BCUT2D eigenvalue weighted by Crippen LogP contribution is -2.30. The van der Waals surface area contributed by atoms with Crippen molar-refractivity contribution >= 4 is 0 Å². The van der Waals surface area contributed by atoms with E-state index in [1.165, 1.54) is 12.1 Å². The molecule has 0 aliphatic heterocycles. The van der Waals surface area contributed by atoms with E-state index in [9.17, 15) is 8.78 Å². The number of benzene rings is 1. The highest BCUT2D eigenvalue weighted by atomic mass is 19.1. The van der Waals surface area contributed by atoms with Gasteiger partial charge in [-0.2, -0.15) is 0 Å². The minimum absolute atomic E-state index is 0.362. The van der Waals surface area contributed by atoms with Gasteiger partial charge in [0.1, 0.15) is 17.5 Å². The fourth-order valence-corrected chi connectivity index (χ4v) is 1.70. The van der Waals surface area contributed by atoms with Gasteiger partial charge < -0.3 is 10.7 Å². The number of H-pyrrole nitrogens is 1. The van der Waals surface area contributed by atoms with Gasteiger partial charge in [-0.05, 0) is 31.5 Å². The smallest absolute Gasteiger partial charge is 0.126 e. The molecule has 0 radical (unpaired) electrons. The van der Waals surface area contributed by atoms with Crippen LogP contribution >= 0.6 is 0 Å². The molecular formula is C13H15F2N3. The van der Waals surface area contributed by atoms with Gasteiger partial charge in [0.25, 0.3) is 0 Å². The highest BCUT2D eigenvalue weighted by molar-refractivity contribution is 5.23. The molecule has 2 rings (SSSR count). The molecule has 3 nitrogen and oxygen atoms in total. The number of nitrogens with two attached hydrogens (primary N) is 1. The van der Waals surface area contributed by atoms with E-state index in [1.54, 1.807) is 6.20 Å². The Morgan fingerprint density at radius 3 is 2.33 bits per heavy atom. The summed E-state index contributed by atoms with van der Waals surface area (Å²) in [5, 5.41) is 0. The maximum Gasteiger partial charge on any atom is 0.126 e. The molecule has 0 aliphatic rings. The quantitative estimate of drug-likeness (QED) is 0.880. The number of nitrogens with one attached hydrogen (secondary N) is 1. The number of aromatic nitrogens is 2. The second-order valence-electron chi connectivity index (χ2n) is 4.92. The summed E-state index contributed by atoms with van der Waals surface area (Å²) in [6, 6.07) is 3.44. The summed E-state index contributed by atoms with van der Waals surface area (Å²) in [6.07, 6.45) is 2.06. The number of nitrogens with zero attached hydrogens (tertiary/aromatic N) is 1. The topological polar surface area (TPSA) is 54.7 Å². The van der Waals surface area contributed by atoms with Crippen LogP contribution < -0.4 is 5.73 Å². The van der Waals surface area contributed by atoms with Crippen LogP contribution in [0.4, 0.5) is 8.78 Å². The molecule has 1 aromatic carbocycles. The Labute approximate surface area is 104 Å². The van der Waals surface area contributed by atoms with E-state index in [0.29, 0.717) is 23.5 Å². The van der Waals surface area contributed by atoms with Crippen molar-refractivity contribution in [3.8, 4) is 0 Å². The molecule has 0 fully saturated rings. The molecule has 0 atom stereocenters. The molecule has 18 heavy (non-hydrogen) atoms. The molecule has 5 heteroatoms. The minimum Gasteiger partial charge on any atom is -0.347 e. The lowest BCUT2D eigenvalue weighted by molar-refractivity contribution is 0.519. The van der Waals surface area contributed by atoms with Crippen LogP contribution in [0.3, 0.4) is 0 Å². The van der Waals surface area contributed by atoms with E-state index in [-0.39, 0.29) is 0 Å². The fourth-order valence-electron chi connectivity index (χ4n) is 1.70. The third-order valence-corrected chi connectivity index (χ3v) is 2.55. The summed E-state index contributed by atoms with van der Waals surface area (Å²) in [5.74, 6) is -0.519. The highest BCUT2D eigenvalue weighted by Gasteiger charge is 2.18. The zero-order chi connectivity index (χ0) is 13.3. The number of rotatable bonds is 3. The maximum absolute atomic E-state index is 13.0. The number of imidazole rings is 1. The van der Waals surface area contributed by atoms with Gasteiger partial charge in [-0.15, -0.1) is 0 Å².